The Labute approximate surface area is 153 Å². The lowest BCUT2D eigenvalue weighted by Crippen LogP contribution is -2.14. The van der Waals surface area contributed by atoms with Crippen molar-refractivity contribution >= 4 is 35.6 Å². The number of rotatable bonds is 6. The van der Waals surface area contributed by atoms with Crippen LogP contribution in [0.1, 0.15) is 36.3 Å². The zero-order valence-corrected chi connectivity index (χ0v) is 15.1. The zero-order chi connectivity index (χ0) is 17.5. The van der Waals surface area contributed by atoms with Gasteiger partial charge in [-0.2, -0.15) is 0 Å². The van der Waals surface area contributed by atoms with Crippen LogP contribution in [0.3, 0.4) is 0 Å². The Morgan fingerprint density at radius 1 is 1.08 bits per heavy atom. The Balaban J connectivity index is 0.00000312. The van der Waals surface area contributed by atoms with Gasteiger partial charge in [-0.1, -0.05) is 13.8 Å². The summed E-state index contributed by atoms with van der Waals surface area (Å²) in [7, 11) is 0. The minimum atomic E-state index is -0.233. The number of halogens is 1. The van der Waals surface area contributed by atoms with Gasteiger partial charge in [0.05, 0.1) is 5.69 Å². The van der Waals surface area contributed by atoms with Crippen molar-refractivity contribution in [3.05, 3.63) is 53.9 Å². The second kappa shape index (κ2) is 9.76. The number of carbonyl (C=O) groups excluding carboxylic acids is 2. The summed E-state index contributed by atoms with van der Waals surface area (Å²) in [5.74, 6) is 0.0545. The third-order valence-corrected chi connectivity index (χ3v) is 3.31. The summed E-state index contributed by atoms with van der Waals surface area (Å²) < 4.78 is 0. The van der Waals surface area contributed by atoms with E-state index in [9.17, 15) is 9.59 Å². The van der Waals surface area contributed by atoms with Crippen molar-refractivity contribution in [1.29, 1.82) is 0 Å². The van der Waals surface area contributed by atoms with Crippen molar-refractivity contribution in [3.63, 3.8) is 0 Å². The predicted molar refractivity (Wildman–Crippen MR) is 102 cm³/mol. The highest BCUT2D eigenvalue weighted by molar-refractivity contribution is 6.04. The number of carbonyl (C=O) groups is 2. The van der Waals surface area contributed by atoms with Crippen molar-refractivity contribution in [2.24, 2.45) is 11.7 Å². The summed E-state index contributed by atoms with van der Waals surface area (Å²) >= 11 is 0. The number of hydrogen-bond donors (Lipinski definition) is 3. The Kier molecular flexibility index (Phi) is 8.04. The number of hydrogen-bond acceptors (Lipinski definition) is 4. The Hall–Kier alpha value is -2.44. The van der Waals surface area contributed by atoms with Crippen LogP contribution in [-0.2, 0) is 11.3 Å². The summed E-state index contributed by atoms with van der Waals surface area (Å²) in [6, 6.07) is 10.3. The molecule has 1 heterocycles. The average molecular weight is 363 g/mol. The SMILES string of the molecule is CC(C)CC(=O)Nc1ccc(NC(=O)c2ccnc(CN)c2)cc1.Cl. The summed E-state index contributed by atoms with van der Waals surface area (Å²) in [4.78, 5) is 28.0. The molecule has 0 aliphatic rings. The molecule has 7 heteroatoms. The van der Waals surface area contributed by atoms with E-state index in [1.165, 1.54) is 0 Å². The van der Waals surface area contributed by atoms with E-state index >= 15 is 0 Å². The number of aromatic nitrogens is 1. The fourth-order valence-corrected chi connectivity index (χ4v) is 2.15. The Morgan fingerprint density at radius 2 is 1.68 bits per heavy atom. The molecule has 134 valence electrons. The van der Waals surface area contributed by atoms with Crippen molar-refractivity contribution < 1.29 is 9.59 Å². The van der Waals surface area contributed by atoms with Crippen LogP contribution in [0.5, 0.6) is 0 Å². The topological polar surface area (TPSA) is 97.1 Å². The molecule has 2 aromatic rings. The maximum atomic E-state index is 12.2. The zero-order valence-electron chi connectivity index (χ0n) is 14.3. The molecule has 0 saturated heterocycles. The first-order valence-electron chi connectivity index (χ1n) is 7.84. The molecule has 2 amide bonds. The van der Waals surface area contributed by atoms with Gasteiger partial charge < -0.3 is 16.4 Å². The number of anilines is 2. The van der Waals surface area contributed by atoms with Crippen LogP contribution < -0.4 is 16.4 Å². The van der Waals surface area contributed by atoms with Gasteiger partial charge in [0.25, 0.3) is 5.91 Å². The lowest BCUT2D eigenvalue weighted by atomic mass is 10.1. The maximum absolute atomic E-state index is 12.2. The van der Waals surface area contributed by atoms with Gasteiger partial charge in [0.15, 0.2) is 0 Å². The lowest BCUT2D eigenvalue weighted by Gasteiger charge is -2.09. The first-order chi connectivity index (χ1) is 11.5. The normalized spacial score (nSPS) is 10.1. The lowest BCUT2D eigenvalue weighted by molar-refractivity contribution is -0.116. The fraction of sp³-hybridized carbons (Fsp3) is 0.278. The van der Waals surface area contributed by atoms with Crippen LogP contribution in [0.2, 0.25) is 0 Å². The molecule has 0 bridgehead atoms. The summed E-state index contributed by atoms with van der Waals surface area (Å²) in [5.41, 5.74) is 8.04. The van der Waals surface area contributed by atoms with Crippen molar-refractivity contribution in [2.75, 3.05) is 10.6 Å². The van der Waals surface area contributed by atoms with Crippen LogP contribution in [0.15, 0.2) is 42.6 Å². The number of nitrogens with one attached hydrogen (secondary N) is 2. The highest BCUT2D eigenvalue weighted by Crippen LogP contribution is 2.15. The smallest absolute Gasteiger partial charge is 0.255 e. The van der Waals surface area contributed by atoms with Crippen LogP contribution in [0.4, 0.5) is 11.4 Å². The number of pyridine rings is 1. The molecule has 0 fully saturated rings. The van der Waals surface area contributed by atoms with E-state index in [1.807, 2.05) is 13.8 Å². The molecule has 0 saturated carbocycles. The second-order valence-electron chi connectivity index (χ2n) is 5.92. The molecule has 4 N–H and O–H groups in total. The van der Waals surface area contributed by atoms with Gasteiger partial charge in [-0.3, -0.25) is 14.6 Å². The van der Waals surface area contributed by atoms with Crippen molar-refractivity contribution in [2.45, 2.75) is 26.8 Å². The number of benzene rings is 1. The maximum Gasteiger partial charge on any atom is 0.255 e. The fourth-order valence-electron chi connectivity index (χ4n) is 2.15. The first-order valence-corrected chi connectivity index (χ1v) is 7.84. The summed E-state index contributed by atoms with van der Waals surface area (Å²) in [6.45, 7) is 4.27. The number of nitrogens with zero attached hydrogens (tertiary/aromatic N) is 1. The van der Waals surface area contributed by atoms with Gasteiger partial charge in [0.1, 0.15) is 0 Å². The predicted octanol–water partition coefficient (Wildman–Crippen LogP) is 3.20. The highest BCUT2D eigenvalue weighted by Gasteiger charge is 2.08. The highest BCUT2D eigenvalue weighted by atomic mass is 35.5. The minimum absolute atomic E-state index is 0. The van der Waals surface area contributed by atoms with Gasteiger partial charge in [-0.25, -0.2) is 0 Å². The van der Waals surface area contributed by atoms with Gasteiger partial charge in [-0.05, 0) is 42.3 Å². The molecule has 2 rings (SSSR count). The van der Waals surface area contributed by atoms with Crippen LogP contribution in [-0.4, -0.2) is 16.8 Å². The van der Waals surface area contributed by atoms with E-state index in [-0.39, 0.29) is 30.8 Å². The van der Waals surface area contributed by atoms with Crippen LogP contribution in [0, 0.1) is 5.92 Å². The van der Waals surface area contributed by atoms with E-state index in [0.29, 0.717) is 35.0 Å². The number of nitrogens with two attached hydrogens (primary N) is 1. The molecular weight excluding hydrogens is 340 g/mol. The molecule has 0 radical (unpaired) electrons. The van der Waals surface area contributed by atoms with Gasteiger partial charge in [0.2, 0.25) is 5.91 Å². The molecule has 0 aliphatic carbocycles. The molecule has 0 aliphatic heterocycles. The van der Waals surface area contributed by atoms with Gasteiger partial charge >= 0.3 is 0 Å². The average Bonchev–Trinajstić information content (AvgIpc) is 2.56. The quantitative estimate of drug-likeness (QED) is 0.735. The molecular formula is C18H23ClN4O2. The molecule has 1 aromatic carbocycles. The van der Waals surface area contributed by atoms with Gasteiger partial charge in [-0.15, -0.1) is 12.4 Å². The third kappa shape index (κ3) is 6.52. The third-order valence-electron chi connectivity index (χ3n) is 3.31. The molecule has 0 spiro atoms. The van der Waals surface area contributed by atoms with Crippen LogP contribution in [0.25, 0.3) is 0 Å². The molecule has 25 heavy (non-hydrogen) atoms. The van der Waals surface area contributed by atoms with E-state index in [0.717, 1.165) is 0 Å². The Bertz CT molecular complexity index is 717. The van der Waals surface area contributed by atoms with Crippen molar-refractivity contribution in [3.8, 4) is 0 Å². The van der Waals surface area contributed by atoms with E-state index in [2.05, 4.69) is 15.6 Å². The number of amides is 2. The van der Waals surface area contributed by atoms with E-state index in [4.69, 9.17) is 5.73 Å². The van der Waals surface area contributed by atoms with E-state index < -0.39 is 0 Å². The first kappa shape index (κ1) is 20.6. The monoisotopic (exact) mass is 362 g/mol. The molecule has 6 nitrogen and oxygen atoms in total. The largest absolute Gasteiger partial charge is 0.326 e. The van der Waals surface area contributed by atoms with E-state index in [1.54, 1.807) is 42.6 Å². The second-order valence-corrected chi connectivity index (χ2v) is 5.92. The summed E-state index contributed by atoms with van der Waals surface area (Å²) in [5, 5.41) is 5.63. The Morgan fingerprint density at radius 3 is 2.24 bits per heavy atom. The van der Waals surface area contributed by atoms with Crippen molar-refractivity contribution in [1.82, 2.24) is 4.98 Å². The summed E-state index contributed by atoms with van der Waals surface area (Å²) in [6.07, 6.45) is 2.04. The molecule has 1 aromatic heterocycles. The van der Waals surface area contributed by atoms with Gasteiger partial charge in [0, 0.05) is 36.1 Å². The standard InChI is InChI=1S/C18H22N4O2.ClH/c1-12(2)9-17(23)21-14-3-5-15(6-4-14)22-18(24)13-7-8-20-16(10-13)11-19;/h3-8,10,12H,9,11,19H2,1-2H3,(H,21,23)(H,22,24);1H. The van der Waals surface area contributed by atoms with Crippen LogP contribution >= 0.6 is 12.4 Å². The minimum Gasteiger partial charge on any atom is -0.326 e. The molecule has 0 unspecified atom stereocenters. The molecule has 0 atom stereocenters.